The second kappa shape index (κ2) is 8.06. The van der Waals surface area contributed by atoms with Crippen LogP contribution in [0.15, 0.2) is 48.7 Å². The molecule has 1 atom stereocenters. The Morgan fingerprint density at radius 2 is 2.25 bits per heavy atom. The average Bonchev–Trinajstić information content (AvgIpc) is 3.06. The van der Waals surface area contributed by atoms with Gasteiger partial charge in [-0.25, -0.2) is 0 Å². The number of rotatable bonds is 6. The van der Waals surface area contributed by atoms with Crippen molar-refractivity contribution in [3.8, 4) is 0 Å². The normalized spacial score (nSPS) is 18.5. The van der Waals surface area contributed by atoms with Crippen LogP contribution in [0.1, 0.15) is 25.3 Å². The van der Waals surface area contributed by atoms with Crippen molar-refractivity contribution < 1.29 is 4.79 Å². The summed E-state index contributed by atoms with van der Waals surface area (Å²) in [6, 6.07) is 10.5. The number of hydrogen-bond acceptors (Lipinski definition) is 3. The number of carbonyl (C=O) groups excluding carboxylic acids is 1. The fourth-order valence-corrected chi connectivity index (χ4v) is 3.31. The summed E-state index contributed by atoms with van der Waals surface area (Å²) in [6.45, 7) is 5.76. The third-order valence-corrected chi connectivity index (χ3v) is 4.61. The van der Waals surface area contributed by atoms with E-state index in [0.717, 1.165) is 38.1 Å². The molecule has 4 heteroatoms. The number of nitrogens with zero attached hydrogens (tertiary/aromatic N) is 2. The van der Waals surface area contributed by atoms with Gasteiger partial charge < -0.3 is 5.32 Å². The van der Waals surface area contributed by atoms with Crippen LogP contribution in [0.4, 0.5) is 0 Å². The molecule has 1 amide bonds. The van der Waals surface area contributed by atoms with E-state index in [1.54, 1.807) is 0 Å². The van der Waals surface area contributed by atoms with E-state index in [1.165, 1.54) is 10.9 Å². The van der Waals surface area contributed by atoms with Crippen molar-refractivity contribution in [3.05, 3.63) is 54.2 Å². The molecule has 1 aromatic carbocycles. The fraction of sp³-hybridized carbons (Fsp3) is 0.400. The first-order valence-electron chi connectivity index (χ1n) is 8.69. The summed E-state index contributed by atoms with van der Waals surface area (Å²) in [7, 11) is 0. The van der Waals surface area contributed by atoms with Gasteiger partial charge in [0.05, 0.1) is 5.52 Å². The number of amides is 1. The topological polar surface area (TPSA) is 45.2 Å². The molecule has 0 unspecified atom stereocenters. The first-order chi connectivity index (χ1) is 11.8. The lowest BCUT2D eigenvalue weighted by Gasteiger charge is -2.17. The van der Waals surface area contributed by atoms with E-state index in [9.17, 15) is 4.79 Å². The third-order valence-electron chi connectivity index (χ3n) is 4.61. The van der Waals surface area contributed by atoms with Crippen LogP contribution in [0.3, 0.4) is 0 Å². The number of nitrogens with one attached hydrogen (secondary N) is 1. The molecule has 1 aliphatic rings. The monoisotopic (exact) mass is 323 g/mol. The van der Waals surface area contributed by atoms with Crippen molar-refractivity contribution in [2.24, 2.45) is 5.92 Å². The van der Waals surface area contributed by atoms with Crippen LogP contribution in [-0.4, -0.2) is 35.4 Å². The Balaban J connectivity index is 1.53. The standard InChI is InChI=1S/C20H25N3O/c1-2-3-9-19(24)22-13-16-10-12-23(14-16)15-18-7-4-6-17-8-5-11-21-20(17)18/h2-8,11,16H,9-10,12-15H2,1H3,(H,22,24)/b3-2+/t16-/m1/s1. The van der Waals surface area contributed by atoms with Crippen molar-refractivity contribution in [1.82, 2.24) is 15.2 Å². The van der Waals surface area contributed by atoms with Crippen molar-refractivity contribution in [1.29, 1.82) is 0 Å². The van der Waals surface area contributed by atoms with Crippen molar-refractivity contribution in [2.75, 3.05) is 19.6 Å². The molecule has 1 fully saturated rings. The zero-order chi connectivity index (χ0) is 16.8. The van der Waals surface area contributed by atoms with Crippen LogP contribution >= 0.6 is 0 Å². The highest BCUT2D eigenvalue weighted by Gasteiger charge is 2.23. The number of aromatic nitrogens is 1. The first-order valence-corrected chi connectivity index (χ1v) is 8.69. The number of likely N-dealkylation sites (tertiary alicyclic amines) is 1. The Bertz CT molecular complexity index is 720. The smallest absolute Gasteiger partial charge is 0.223 e. The SMILES string of the molecule is C/C=C/CC(=O)NC[C@H]1CCN(Cc2cccc3cccnc23)C1. The Labute approximate surface area is 143 Å². The lowest BCUT2D eigenvalue weighted by Crippen LogP contribution is -2.30. The van der Waals surface area contributed by atoms with E-state index in [0.29, 0.717) is 12.3 Å². The van der Waals surface area contributed by atoms with Crippen LogP contribution in [0, 0.1) is 5.92 Å². The van der Waals surface area contributed by atoms with Crippen LogP contribution < -0.4 is 5.32 Å². The van der Waals surface area contributed by atoms with Gasteiger partial charge in [-0.2, -0.15) is 0 Å². The minimum atomic E-state index is 0.116. The third kappa shape index (κ3) is 4.20. The molecule has 0 aliphatic carbocycles. The maximum atomic E-state index is 11.7. The highest BCUT2D eigenvalue weighted by molar-refractivity contribution is 5.81. The summed E-state index contributed by atoms with van der Waals surface area (Å²) < 4.78 is 0. The molecular weight excluding hydrogens is 298 g/mol. The van der Waals surface area contributed by atoms with Crippen LogP contribution in [0.25, 0.3) is 10.9 Å². The summed E-state index contributed by atoms with van der Waals surface area (Å²) in [5, 5.41) is 4.24. The van der Waals surface area contributed by atoms with Crippen LogP contribution in [-0.2, 0) is 11.3 Å². The van der Waals surface area contributed by atoms with Gasteiger partial charge in [0.15, 0.2) is 0 Å². The number of para-hydroxylation sites is 1. The van der Waals surface area contributed by atoms with Gasteiger partial charge in [-0.15, -0.1) is 0 Å². The van der Waals surface area contributed by atoms with Crippen molar-refractivity contribution >= 4 is 16.8 Å². The van der Waals surface area contributed by atoms with E-state index < -0.39 is 0 Å². The molecular formula is C20H25N3O. The minimum Gasteiger partial charge on any atom is -0.356 e. The van der Waals surface area contributed by atoms with Gasteiger partial charge in [0, 0.05) is 37.6 Å². The molecule has 0 spiro atoms. The number of hydrogen-bond donors (Lipinski definition) is 1. The Hall–Kier alpha value is -2.20. The van der Waals surface area contributed by atoms with E-state index in [2.05, 4.69) is 39.5 Å². The predicted octanol–water partition coefficient (Wildman–Crippen LogP) is 3.14. The molecule has 0 saturated carbocycles. The summed E-state index contributed by atoms with van der Waals surface area (Å²) in [6.07, 6.45) is 7.29. The summed E-state index contributed by atoms with van der Waals surface area (Å²) >= 11 is 0. The van der Waals surface area contributed by atoms with Gasteiger partial charge in [-0.05, 0) is 37.4 Å². The number of pyridine rings is 1. The van der Waals surface area contributed by atoms with Gasteiger partial charge in [0.25, 0.3) is 0 Å². The van der Waals surface area contributed by atoms with Gasteiger partial charge in [0.2, 0.25) is 5.91 Å². The Kier molecular flexibility index (Phi) is 5.59. The highest BCUT2D eigenvalue weighted by Crippen LogP contribution is 2.22. The summed E-state index contributed by atoms with van der Waals surface area (Å²) in [5.74, 6) is 0.660. The first kappa shape index (κ1) is 16.7. The van der Waals surface area contributed by atoms with Gasteiger partial charge in [-0.1, -0.05) is 36.4 Å². The quantitative estimate of drug-likeness (QED) is 0.831. The lowest BCUT2D eigenvalue weighted by molar-refractivity contribution is -0.120. The van der Waals surface area contributed by atoms with E-state index in [1.807, 2.05) is 31.3 Å². The number of carbonyl (C=O) groups is 1. The van der Waals surface area contributed by atoms with E-state index in [4.69, 9.17) is 0 Å². The number of benzene rings is 1. The molecule has 1 aliphatic heterocycles. The van der Waals surface area contributed by atoms with Crippen molar-refractivity contribution in [2.45, 2.75) is 26.3 Å². The molecule has 0 bridgehead atoms. The number of allylic oxidation sites excluding steroid dienone is 1. The fourth-order valence-electron chi connectivity index (χ4n) is 3.31. The molecule has 4 nitrogen and oxygen atoms in total. The molecule has 3 rings (SSSR count). The zero-order valence-corrected chi connectivity index (χ0v) is 14.2. The van der Waals surface area contributed by atoms with Crippen LogP contribution in [0.2, 0.25) is 0 Å². The maximum Gasteiger partial charge on any atom is 0.223 e. The number of fused-ring (bicyclic) bond motifs is 1. The van der Waals surface area contributed by atoms with Crippen molar-refractivity contribution in [3.63, 3.8) is 0 Å². The molecule has 1 N–H and O–H groups in total. The Morgan fingerprint density at radius 1 is 1.38 bits per heavy atom. The summed E-state index contributed by atoms with van der Waals surface area (Å²) in [4.78, 5) is 18.7. The lowest BCUT2D eigenvalue weighted by atomic mass is 10.1. The minimum absolute atomic E-state index is 0.116. The average molecular weight is 323 g/mol. The highest BCUT2D eigenvalue weighted by atomic mass is 16.1. The molecule has 24 heavy (non-hydrogen) atoms. The zero-order valence-electron chi connectivity index (χ0n) is 14.2. The molecule has 126 valence electrons. The molecule has 2 aromatic rings. The molecule has 0 radical (unpaired) electrons. The van der Waals surface area contributed by atoms with E-state index >= 15 is 0 Å². The largest absolute Gasteiger partial charge is 0.356 e. The van der Waals surface area contributed by atoms with Gasteiger partial charge in [-0.3, -0.25) is 14.7 Å². The molecule has 2 heterocycles. The Morgan fingerprint density at radius 3 is 3.12 bits per heavy atom. The van der Waals surface area contributed by atoms with Gasteiger partial charge in [0.1, 0.15) is 0 Å². The van der Waals surface area contributed by atoms with Gasteiger partial charge >= 0.3 is 0 Å². The maximum absolute atomic E-state index is 11.7. The predicted molar refractivity (Wildman–Crippen MR) is 97.6 cm³/mol. The second-order valence-corrected chi connectivity index (χ2v) is 6.46. The van der Waals surface area contributed by atoms with E-state index in [-0.39, 0.29) is 5.91 Å². The summed E-state index contributed by atoms with van der Waals surface area (Å²) in [5.41, 5.74) is 2.38. The van der Waals surface area contributed by atoms with Crippen LogP contribution in [0.5, 0.6) is 0 Å². The second-order valence-electron chi connectivity index (χ2n) is 6.46. The molecule has 1 saturated heterocycles. The molecule has 1 aromatic heterocycles.